The van der Waals surface area contributed by atoms with Crippen LogP contribution in [-0.2, 0) is 37.9 Å². The highest BCUT2D eigenvalue weighted by Gasteiger charge is 2.69. The monoisotopic (exact) mass is 838 g/mol. The summed E-state index contributed by atoms with van der Waals surface area (Å²) in [5, 5.41) is 74.9. The number of hydrogen-bond acceptors (Lipinski definition) is 15. The van der Waals surface area contributed by atoms with Gasteiger partial charge < -0.3 is 73.6 Å². The van der Waals surface area contributed by atoms with Gasteiger partial charge in [-0.1, -0.05) is 39.3 Å². The molecule has 0 unspecified atom stereocenters. The molecule has 25 atom stereocenters. The van der Waals surface area contributed by atoms with Crippen LogP contribution in [0.25, 0.3) is 0 Å². The second-order valence-electron chi connectivity index (χ2n) is 20.6. The van der Waals surface area contributed by atoms with Gasteiger partial charge in [-0.25, -0.2) is 0 Å². The van der Waals surface area contributed by atoms with Crippen molar-refractivity contribution in [3.63, 3.8) is 0 Å². The number of aliphatic hydroxyl groups is 7. The average molecular weight is 839 g/mol. The third-order valence-electron chi connectivity index (χ3n) is 17.3. The molecule has 5 saturated heterocycles. The first kappa shape index (κ1) is 43.4. The number of ether oxygens (including phenoxy) is 8. The van der Waals surface area contributed by atoms with Gasteiger partial charge in [-0.2, -0.15) is 0 Å². The number of allylic oxidation sites excluding steroid dienone is 1. The Morgan fingerprint density at radius 3 is 2.12 bits per heavy atom. The Bertz CT molecular complexity index is 1540. The van der Waals surface area contributed by atoms with E-state index < -0.39 is 91.8 Å². The first-order valence-corrected chi connectivity index (χ1v) is 22.6. The fourth-order valence-corrected chi connectivity index (χ4v) is 13.7. The fourth-order valence-electron chi connectivity index (χ4n) is 13.7. The molecule has 15 nitrogen and oxygen atoms in total. The Balaban J connectivity index is 0.842. The Labute approximate surface area is 347 Å². The summed E-state index contributed by atoms with van der Waals surface area (Å²) in [6, 6.07) is 0. The lowest BCUT2D eigenvalue weighted by Gasteiger charge is -2.58. The molecule has 0 radical (unpaired) electrons. The molecule has 7 N–H and O–H groups in total. The van der Waals surface area contributed by atoms with Gasteiger partial charge in [-0.15, -0.1) is 0 Å². The molecule has 0 aromatic heterocycles. The largest absolute Gasteiger partial charge is 0.388 e. The quantitative estimate of drug-likeness (QED) is 0.190. The van der Waals surface area contributed by atoms with E-state index in [1.54, 1.807) is 6.92 Å². The first-order chi connectivity index (χ1) is 28.0. The summed E-state index contributed by atoms with van der Waals surface area (Å²) in [4.78, 5) is 0. The molecule has 0 aromatic carbocycles. The number of fused-ring (bicyclic) bond motifs is 7. The van der Waals surface area contributed by atoms with Crippen molar-refractivity contribution in [3.8, 4) is 0 Å². The zero-order valence-corrected chi connectivity index (χ0v) is 35.5. The molecule has 15 heteroatoms. The first-order valence-electron chi connectivity index (χ1n) is 22.6. The van der Waals surface area contributed by atoms with Crippen molar-refractivity contribution in [1.29, 1.82) is 0 Å². The van der Waals surface area contributed by atoms with Gasteiger partial charge in [0.2, 0.25) is 0 Å². The van der Waals surface area contributed by atoms with Gasteiger partial charge in [0.25, 0.3) is 0 Å². The van der Waals surface area contributed by atoms with Crippen LogP contribution in [0.15, 0.2) is 11.6 Å². The van der Waals surface area contributed by atoms with Gasteiger partial charge in [0, 0.05) is 12.3 Å². The average Bonchev–Trinajstić information content (AvgIpc) is 3.66. The van der Waals surface area contributed by atoms with Gasteiger partial charge in [-0.3, -0.25) is 0 Å². The van der Waals surface area contributed by atoms with E-state index in [0.717, 1.165) is 45.1 Å². The lowest BCUT2D eigenvalue weighted by Crippen LogP contribution is -2.64. The standard InChI is InChI=1S/C44H70O15/c1-19-9-14-44(53-17-19)20(2)30-29(59-44)16-27-25-8-7-23-15-24(10-12-42(23,5)26(25)11-13-43(27,30)6)56-41-38(32(47)28(45)18-52-41)58-40-36(51)34(49)37(22(4)55-40)57-39-35(50)33(48)31(46)21(3)54-39/h7,19-22,24-41,45-51H,8-18H2,1-6H3/t19-,20+,21+,22+,24+,25-,26+,27+,28+,29+,30+,31+,32+,33-,34+,35-,36-,37+,38-,39+,40+,41+,42+,43+,44-/m1/s1. The Hall–Kier alpha value is -0.860. The van der Waals surface area contributed by atoms with Crippen molar-refractivity contribution in [1.82, 2.24) is 0 Å². The normalized spacial score (nSPS) is 58.7. The highest BCUT2D eigenvalue weighted by Crippen LogP contribution is 2.70. The van der Waals surface area contributed by atoms with E-state index in [2.05, 4.69) is 33.8 Å². The molecule has 1 spiro atoms. The molecule has 336 valence electrons. The smallest absolute Gasteiger partial charge is 0.187 e. The van der Waals surface area contributed by atoms with E-state index in [1.165, 1.54) is 25.3 Å². The summed E-state index contributed by atoms with van der Waals surface area (Å²) in [6.07, 6.45) is -7.12. The molecule has 8 fully saturated rings. The highest BCUT2D eigenvalue weighted by molar-refractivity contribution is 5.26. The van der Waals surface area contributed by atoms with E-state index in [0.29, 0.717) is 41.9 Å². The molecule has 3 saturated carbocycles. The summed E-state index contributed by atoms with van der Waals surface area (Å²) in [6.45, 7) is 13.4. The molecule has 4 aliphatic carbocycles. The molecule has 59 heavy (non-hydrogen) atoms. The predicted octanol–water partition coefficient (Wildman–Crippen LogP) is 1.88. The molecule has 9 rings (SSSR count). The molecular weight excluding hydrogens is 768 g/mol. The van der Waals surface area contributed by atoms with E-state index in [-0.39, 0.29) is 29.6 Å². The third kappa shape index (κ3) is 7.13. The maximum atomic E-state index is 11.2. The third-order valence-corrected chi connectivity index (χ3v) is 17.3. The lowest BCUT2D eigenvalue weighted by molar-refractivity contribution is -0.376. The highest BCUT2D eigenvalue weighted by atomic mass is 16.8. The molecule has 0 amide bonds. The molecule has 5 aliphatic heterocycles. The minimum Gasteiger partial charge on any atom is -0.388 e. The fraction of sp³-hybridized carbons (Fsp3) is 0.955. The van der Waals surface area contributed by atoms with Crippen LogP contribution in [0.4, 0.5) is 0 Å². The van der Waals surface area contributed by atoms with Gasteiger partial charge in [0.15, 0.2) is 24.7 Å². The van der Waals surface area contributed by atoms with Crippen LogP contribution in [0.1, 0.15) is 99.3 Å². The molecule has 0 bridgehead atoms. The molecule has 9 aliphatic rings. The minimum atomic E-state index is -1.69. The van der Waals surface area contributed by atoms with Gasteiger partial charge in [0.1, 0.15) is 54.9 Å². The lowest BCUT2D eigenvalue weighted by atomic mass is 9.47. The zero-order valence-electron chi connectivity index (χ0n) is 35.5. The zero-order chi connectivity index (χ0) is 41.9. The molecule has 0 aromatic rings. The summed E-state index contributed by atoms with van der Waals surface area (Å²) in [7, 11) is 0. The van der Waals surface area contributed by atoms with Crippen molar-refractivity contribution in [3.05, 3.63) is 11.6 Å². The minimum absolute atomic E-state index is 0.0523. The van der Waals surface area contributed by atoms with Crippen LogP contribution in [0.5, 0.6) is 0 Å². The Morgan fingerprint density at radius 2 is 1.39 bits per heavy atom. The van der Waals surface area contributed by atoms with Crippen LogP contribution in [0.3, 0.4) is 0 Å². The second-order valence-corrected chi connectivity index (χ2v) is 20.6. The van der Waals surface area contributed by atoms with Crippen LogP contribution in [0, 0.1) is 46.3 Å². The van der Waals surface area contributed by atoms with Crippen molar-refractivity contribution >= 4 is 0 Å². The van der Waals surface area contributed by atoms with E-state index in [9.17, 15) is 35.7 Å². The number of hydrogen-bond donors (Lipinski definition) is 7. The maximum absolute atomic E-state index is 11.2. The van der Waals surface area contributed by atoms with Crippen LogP contribution in [0.2, 0.25) is 0 Å². The summed E-state index contributed by atoms with van der Waals surface area (Å²) in [5.74, 6) is 2.88. The molecular formula is C44H70O15. The predicted molar refractivity (Wildman–Crippen MR) is 207 cm³/mol. The van der Waals surface area contributed by atoms with Crippen molar-refractivity contribution in [2.45, 2.75) is 203 Å². The second kappa shape index (κ2) is 16.0. The maximum Gasteiger partial charge on any atom is 0.187 e. The van der Waals surface area contributed by atoms with Gasteiger partial charge in [-0.05, 0) is 106 Å². The Morgan fingerprint density at radius 1 is 0.678 bits per heavy atom. The summed E-state index contributed by atoms with van der Waals surface area (Å²) < 4.78 is 49.5. The Kier molecular flexibility index (Phi) is 11.8. The van der Waals surface area contributed by atoms with E-state index in [4.69, 9.17) is 37.9 Å². The number of rotatable bonds is 6. The topological polar surface area (TPSA) is 215 Å². The molecule has 5 heterocycles. The van der Waals surface area contributed by atoms with Crippen LogP contribution < -0.4 is 0 Å². The van der Waals surface area contributed by atoms with Gasteiger partial charge in [0.05, 0.1) is 37.6 Å². The van der Waals surface area contributed by atoms with Crippen LogP contribution >= 0.6 is 0 Å². The van der Waals surface area contributed by atoms with E-state index >= 15 is 0 Å². The van der Waals surface area contributed by atoms with Crippen molar-refractivity contribution in [2.75, 3.05) is 13.2 Å². The van der Waals surface area contributed by atoms with Crippen LogP contribution in [-0.4, -0.2) is 153 Å². The van der Waals surface area contributed by atoms with Crippen molar-refractivity contribution < 1.29 is 73.6 Å². The summed E-state index contributed by atoms with van der Waals surface area (Å²) >= 11 is 0. The van der Waals surface area contributed by atoms with E-state index in [1.807, 2.05) is 0 Å². The summed E-state index contributed by atoms with van der Waals surface area (Å²) in [5.41, 5.74) is 1.70. The van der Waals surface area contributed by atoms with Gasteiger partial charge >= 0.3 is 0 Å². The number of aliphatic hydroxyl groups excluding tert-OH is 7. The van der Waals surface area contributed by atoms with Crippen molar-refractivity contribution in [2.24, 2.45) is 46.3 Å². The SMILES string of the molecule is C[C@@H]1CC[C@@]2(OC1)O[C@H]1C[C@H]3[C@@H]4CC=C5C[C@@H](O[C@@H]6OC[C@H](O)[C@H](O)[C@H]6O[C@@H]6O[C@@H](C)[C@H](O[C@@H]7O[C@@H](C)[C@H](O)[C@@H](O)[C@H]7O)[C@@H](O)[C@H]6O)CC[C@]5(C)[C@H]4CC[C@]3(C)[C@H]1[C@@H]2C.